The molecule has 0 heterocycles. The van der Waals surface area contributed by atoms with Crippen molar-refractivity contribution in [1.29, 1.82) is 0 Å². The van der Waals surface area contributed by atoms with Gasteiger partial charge in [0.05, 0.1) is 20.3 Å². The van der Waals surface area contributed by atoms with E-state index in [1.165, 1.54) is 7.11 Å². The monoisotopic (exact) mass is 422 g/mol. The maximum atomic E-state index is 11.7. The molecular formula is C21H30N2O5S. The Labute approximate surface area is 173 Å². The van der Waals surface area contributed by atoms with Crippen LogP contribution in [0.25, 0.3) is 0 Å². The largest absolute Gasteiger partial charge is 0.495 e. The van der Waals surface area contributed by atoms with Crippen molar-refractivity contribution in [3.05, 3.63) is 48.0 Å². The van der Waals surface area contributed by atoms with Gasteiger partial charge in [0, 0.05) is 6.04 Å². The van der Waals surface area contributed by atoms with Gasteiger partial charge < -0.3 is 19.5 Å². The summed E-state index contributed by atoms with van der Waals surface area (Å²) in [7, 11) is -2.42. The van der Waals surface area contributed by atoms with Crippen LogP contribution in [0.1, 0.15) is 25.8 Å². The van der Waals surface area contributed by atoms with Crippen LogP contribution in [0.2, 0.25) is 0 Å². The van der Waals surface area contributed by atoms with Gasteiger partial charge in [-0.3, -0.25) is 0 Å². The van der Waals surface area contributed by atoms with Gasteiger partial charge in [-0.2, -0.15) is 0 Å². The van der Waals surface area contributed by atoms with Crippen molar-refractivity contribution in [1.82, 2.24) is 5.32 Å². The van der Waals surface area contributed by atoms with E-state index in [0.29, 0.717) is 19.6 Å². The molecule has 0 amide bonds. The molecule has 0 aromatic heterocycles. The average Bonchev–Trinajstić information content (AvgIpc) is 2.68. The summed E-state index contributed by atoms with van der Waals surface area (Å²) in [6.45, 7) is 5.93. The lowest BCUT2D eigenvalue weighted by Gasteiger charge is -2.16. The number of hydrogen-bond donors (Lipinski definition) is 2. The summed E-state index contributed by atoms with van der Waals surface area (Å²) < 4.78 is 39.9. The molecule has 0 bridgehead atoms. The molecule has 29 heavy (non-hydrogen) atoms. The summed E-state index contributed by atoms with van der Waals surface area (Å²) in [5.41, 5.74) is 0.872. The van der Waals surface area contributed by atoms with E-state index in [4.69, 9.17) is 19.3 Å². The number of primary sulfonamides is 1. The molecule has 0 saturated carbocycles. The van der Waals surface area contributed by atoms with Gasteiger partial charge in [0.2, 0.25) is 10.0 Å². The maximum absolute atomic E-state index is 11.7. The van der Waals surface area contributed by atoms with Gasteiger partial charge in [-0.15, -0.1) is 0 Å². The van der Waals surface area contributed by atoms with E-state index < -0.39 is 10.0 Å². The molecule has 0 radical (unpaired) electrons. The Kier molecular flexibility index (Phi) is 8.75. The van der Waals surface area contributed by atoms with Gasteiger partial charge in [0.25, 0.3) is 0 Å². The minimum atomic E-state index is -3.83. The molecule has 3 N–H and O–H groups in total. The number of ether oxygens (including phenoxy) is 3. The molecule has 2 aromatic rings. The highest BCUT2D eigenvalue weighted by molar-refractivity contribution is 7.89. The highest BCUT2D eigenvalue weighted by atomic mass is 32.2. The molecule has 2 aromatic carbocycles. The minimum Gasteiger partial charge on any atom is -0.495 e. The van der Waals surface area contributed by atoms with Crippen molar-refractivity contribution in [2.45, 2.75) is 37.6 Å². The lowest BCUT2D eigenvalue weighted by atomic mass is 10.1. The van der Waals surface area contributed by atoms with E-state index in [-0.39, 0.29) is 16.7 Å². The predicted molar refractivity (Wildman–Crippen MR) is 113 cm³/mol. The number of rotatable bonds is 12. The number of hydrogen-bond acceptors (Lipinski definition) is 6. The molecule has 0 fully saturated rings. The lowest BCUT2D eigenvalue weighted by molar-refractivity contribution is 0.271. The molecular weight excluding hydrogens is 392 g/mol. The standard InChI is InChI=1S/C21H30N2O5S/c1-4-27-18-8-5-6-9-19(18)28-13-7-12-23-16(2)14-17-10-11-20(26-3)21(15-17)29(22,24)25/h5-6,8-11,15-16,23H,4,7,12-14H2,1-3H3,(H2,22,24,25). The predicted octanol–water partition coefficient (Wildman–Crippen LogP) is 2.73. The Bertz CT molecular complexity index is 886. The Morgan fingerprint density at radius 3 is 2.38 bits per heavy atom. The average molecular weight is 423 g/mol. The SMILES string of the molecule is CCOc1ccccc1OCCCNC(C)Cc1ccc(OC)c(S(N)(=O)=O)c1. The van der Waals surface area contributed by atoms with E-state index >= 15 is 0 Å². The molecule has 7 nitrogen and oxygen atoms in total. The summed E-state index contributed by atoms with van der Waals surface area (Å²) in [6, 6.07) is 12.8. The van der Waals surface area contributed by atoms with Crippen LogP contribution < -0.4 is 24.7 Å². The number of sulfonamides is 1. The fourth-order valence-electron chi connectivity index (χ4n) is 2.94. The van der Waals surface area contributed by atoms with Crippen LogP contribution in [0.15, 0.2) is 47.4 Å². The van der Waals surface area contributed by atoms with E-state index in [2.05, 4.69) is 5.32 Å². The van der Waals surface area contributed by atoms with Crippen molar-refractivity contribution in [3.8, 4) is 17.2 Å². The van der Waals surface area contributed by atoms with Crippen LogP contribution in [0.3, 0.4) is 0 Å². The minimum absolute atomic E-state index is 0.00561. The van der Waals surface area contributed by atoms with Crippen LogP contribution in [0.5, 0.6) is 17.2 Å². The van der Waals surface area contributed by atoms with Crippen molar-refractivity contribution in [3.63, 3.8) is 0 Å². The fraction of sp³-hybridized carbons (Fsp3) is 0.429. The molecule has 1 unspecified atom stereocenters. The summed E-state index contributed by atoms with van der Waals surface area (Å²) in [5, 5.41) is 8.70. The van der Waals surface area contributed by atoms with E-state index in [0.717, 1.165) is 30.0 Å². The van der Waals surface area contributed by atoms with E-state index in [1.54, 1.807) is 12.1 Å². The lowest BCUT2D eigenvalue weighted by Crippen LogP contribution is -2.30. The maximum Gasteiger partial charge on any atom is 0.241 e. The van der Waals surface area contributed by atoms with Crippen LogP contribution in [0, 0.1) is 0 Å². The first-order valence-electron chi connectivity index (χ1n) is 9.63. The third-order valence-electron chi connectivity index (χ3n) is 4.30. The Morgan fingerprint density at radius 1 is 1.07 bits per heavy atom. The van der Waals surface area contributed by atoms with Gasteiger partial charge in [-0.05, 0) is 63.1 Å². The molecule has 0 saturated heterocycles. The first-order valence-corrected chi connectivity index (χ1v) is 11.2. The van der Waals surface area contributed by atoms with Gasteiger partial charge in [0.1, 0.15) is 10.6 Å². The molecule has 8 heteroatoms. The molecule has 160 valence electrons. The number of para-hydroxylation sites is 2. The summed E-state index contributed by atoms with van der Waals surface area (Å²) in [4.78, 5) is 0.00561. The van der Waals surface area contributed by atoms with Crippen LogP contribution in [0.4, 0.5) is 0 Å². The van der Waals surface area contributed by atoms with Crippen molar-refractivity contribution in [2.75, 3.05) is 26.9 Å². The first-order chi connectivity index (χ1) is 13.8. The zero-order valence-corrected chi connectivity index (χ0v) is 18.0. The molecule has 0 aliphatic carbocycles. The van der Waals surface area contributed by atoms with Crippen LogP contribution >= 0.6 is 0 Å². The van der Waals surface area contributed by atoms with Crippen molar-refractivity contribution < 1.29 is 22.6 Å². The normalized spacial score (nSPS) is 12.4. The topological polar surface area (TPSA) is 99.9 Å². The summed E-state index contributed by atoms with van der Waals surface area (Å²) in [5.74, 6) is 1.75. The fourth-order valence-corrected chi connectivity index (χ4v) is 3.69. The number of methoxy groups -OCH3 is 1. The number of nitrogens with two attached hydrogens (primary N) is 1. The van der Waals surface area contributed by atoms with Crippen LogP contribution in [-0.4, -0.2) is 41.3 Å². The molecule has 2 rings (SSSR count). The number of nitrogens with one attached hydrogen (secondary N) is 1. The molecule has 1 atom stereocenters. The van der Waals surface area contributed by atoms with Gasteiger partial charge in [-0.1, -0.05) is 18.2 Å². The molecule has 0 aliphatic rings. The van der Waals surface area contributed by atoms with E-state index in [9.17, 15) is 8.42 Å². The van der Waals surface area contributed by atoms with E-state index in [1.807, 2.05) is 44.2 Å². The summed E-state index contributed by atoms with van der Waals surface area (Å²) >= 11 is 0. The van der Waals surface area contributed by atoms with Crippen molar-refractivity contribution >= 4 is 10.0 Å². The Morgan fingerprint density at radius 2 is 1.76 bits per heavy atom. The third kappa shape index (κ3) is 7.23. The zero-order valence-electron chi connectivity index (χ0n) is 17.2. The molecule has 0 aliphatic heterocycles. The second kappa shape index (κ2) is 11.0. The highest BCUT2D eigenvalue weighted by Crippen LogP contribution is 2.26. The van der Waals surface area contributed by atoms with Crippen molar-refractivity contribution in [2.24, 2.45) is 5.14 Å². The van der Waals surface area contributed by atoms with Crippen LogP contribution in [-0.2, 0) is 16.4 Å². The van der Waals surface area contributed by atoms with Gasteiger partial charge in [0.15, 0.2) is 11.5 Å². The Balaban J connectivity index is 1.80. The Hall–Kier alpha value is -2.29. The second-order valence-electron chi connectivity index (χ2n) is 6.67. The zero-order chi connectivity index (χ0) is 21.3. The quantitative estimate of drug-likeness (QED) is 0.510. The van der Waals surface area contributed by atoms with Gasteiger partial charge in [-0.25, -0.2) is 13.6 Å². The first kappa shape index (κ1) is 23.0. The highest BCUT2D eigenvalue weighted by Gasteiger charge is 2.16. The molecule has 0 spiro atoms. The summed E-state index contributed by atoms with van der Waals surface area (Å²) in [6.07, 6.45) is 1.50. The number of benzene rings is 2. The smallest absolute Gasteiger partial charge is 0.241 e. The van der Waals surface area contributed by atoms with Gasteiger partial charge >= 0.3 is 0 Å². The third-order valence-corrected chi connectivity index (χ3v) is 5.23. The second-order valence-corrected chi connectivity index (χ2v) is 8.20.